The molecule has 112 valence electrons. The smallest absolute Gasteiger partial charge is 0.262 e. The molecule has 0 aliphatic heterocycles. The Morgan fingerprint density at radius 1 is 1.29 bits per heavy atom. The first-order valence-electron chi connectivity index (χ1n) is 5.74. The van der Waals surface area contributed by atoms with Crippen molar-refractivity contribution >= 4 is 55.6 Å². The number of anilines is 2. The Labute approximate surface area is 140 Å². The fraction of sp³-hybridized carbons (Fsp3) is 0.0769. The fourth-order valence-electron chi connectivity index (χ4n) is 1.69. The third-order valence-electron chi connectivity index (χ3n) is 2.74. The summed E-state index contributed by atoms with van der Waals surface area (Å²) in [6.45, 7) is 1.45. The monoisotopic (exact) mass is 440 g/mol. The molecule has 4 nitrogen and oxygen atoms in total. The van der Waals surface area contributed by atoms with Gasteiger partial charge in [0.1, 0.15) is 5.82 Å². The van der Waals surface area contributed by atoms with Crippen LogP contribution in [0, 0.1) is 16.3 Å². The summed E-state index contributed by atoms with van der Waals surface area (Å²) < 4.78 is 41.3. The third kappa shape index (κ3) is 3.58. The first-order chi connectivity index (χ1) is 9.70. The second-order valence-corrected chi connectivity index (χ2v) is 7.71. The van der Waals surface area contributed by atoms with Crippen LogP contribution < -0.4 is 10.5 Å². The molecule has 0 fully saturated rings. The minimum Gasteiger partial charge on any atom is -0.396 e. The SMILES string of the molecule is Cc1cc(S(=O)(=O)Nc2ccc(I)cc2Cl)cc(N)c1F. The lowest BCUT2D eigenvalue weighted by atomic mass is 10.2. The van der Waals surface area contributed by atoms with Gasteiger partial charge in [0, 0.05) is 3.57 Å². The summed E-state index contributed by atoms with van der Waals surface area (Å²) in [4.78, 5) is -0.117. The highest BCUT2D eigenvalue weighted by atomic mass is 127. The molecule has 8 heteroatoms. The zero-order valence-corrected chi connectivity index (χ0v) is 14.6. The van der Waals surface area contributed by atoms with Crippen LogP contribution in [0.4, 0.5) is 15.8 Å². The van der Waals surface area contributed by atoms with Crippen LogP contribution in [0.3, 0.4) is 0 Å². The van der Waals surface area contributed by atoms with E-state index in [1.165, 1.54) is 13.0 Å². The van der Waals surface area contributed by atoms with Gasteiger partial charge >= 0.3 is 0 Å². The summed E-state index contributed by atoms with van der Waals surface area (Å²) >= 11 is 8.06. The van der Waals surface area contributed by atoms with Crippen LogP contribution >= 0.6 is 34.2 Å². The van der Waals surface area contributed by atoms with Gasteiger partial charge in [0.15, 0.2) is 0 Å². The molecule has 2 rings (SSSR count). The molecule has 0 heterocycles. The number of nitrogen functional groups attached to an aromatic ring is 1. The molecule has 0 aliphatic carbocycles. The Bertz CT molecular complexity index is 789. The summed E-state index contributed by atoms with van der Waals surface area (Å²) in [7, 11) is -3.89. The Morgan fingerprint density at radius 3 is 2.52 bits per heavy atom. The van der Waals surface area contributed by atoms with Crippen molar-refractivity contribution in [3.05, 3.63) is 50.3 Å². The van der Waals surface area contributed by atoms with Gasteiger partial charge in [-0.2, -0.15) is 0 Å². The van der Waals surface area contributed by atoms with Gasteiger partial charge in [-0.05, 0) is 65.4 Å². The fourth-order valence-corrected chi connectivity index (χ4v) is 3.85. The maximum absolute atomic E-state index is 13.5. The maximum atomic E-state index is 13.5. The second kappa shape index (κ2) is 5.98. The molecule has 0 saturated heterocycles. The molecule has 0 aliphatic rings. The zero-order valence-electron chi connectivity index (χ0n) is 10.8. The highest BCUT2D eigenvalue weighted by Gasteiger charge is 2.18. The number of hydrogen-bond donors (Lipinski definition) is 2. The minimum atomic E-state index is -3.89. The average molecular weight is 441 g/mol. The molecule has 0 atom stereocenters. The molecule has 2 aromatic rings. The average Bonchev–Trinajstić information content (AvgIpc) is 2.38. The van der Waals surface area contributed by atoms with Crippen molar-refractivity contribution in [1.82, 2.24) is 0 Å². The van der Waals surface area contributed by atoms with E-state index in [-0.39, 0.29) is 26.9 Å². The van der Waals surface area contributed by atoms with Crippen molar-refractivity contribution in [2.45, 2.75) is 11.8 Å². The Kier molecular flexibility index (Phi) is 4.64. The third-order valence-corrected chi connectivity index (χ3v) is 5.07. The van der Waals surface area contributed by atoms with Crippen molar-refractivity contribution in [2.75, 3.05) is 10.5 Å². The van der Waals surface area contributed by atoms with E-state index in [4.69, 9.17) is 17.3 Å². The number of halogens is 3. The molecule has 21 heavy (non-hydrogen) atoms. The maximum Gasteiger partial charge on any atom is 0.262 e. The van der Waals surface area contributed by atoms with Crippen LogP contribution in [0.2, 0.25) is 5.02 Å². The predicted octanol–water partition coefficient (Wildman–Crippen LogP) is 3.78. The van der Waals surface area contributed by atoms with Crippen molar-refractivity contribution in [2.24, 2.45) is 0 Å². The number of hydrogen-bond acceptors (Lipinski definition) is 3. The van der Waals surface area contributed by atoms with Gasteiger partial charge in [-0.25, -0.2) is 12.8 Å². The summed E-state index contributed by atoms with van der Waals surface area (Å²) in [6.07, 6.45) is 0. The van der Waals surface area contributed by atoms with Gasteiger partial charge in [-0.3, -0.25) is 4.72 Å². The van der Waals surface area contributed by atoms with E-state index in [2.05, 4.69) is 27.3 Å². The van der Waals surface area contributed by atoms with Crippen molar-refractivity contribution in [3.63, 3.8) is 0 Å². The molecule has 0 aromatic heterocycles. The first kappa shape index (κ1) is 16.3. The summed E-state index contributed by atoms with van der Waals surface area (Å²) in [5.74, 6) is -0.624. The zero-order chi connectivity index (χ0) is 15.8. The van der Waals surface area contributed by atoms with E-state index in [9.17, 15) is 12.8 Å². The number of nitrogens with one attached hydrogen (secondary N) is 1. The molecule has 0 radical (unpaired) electrons. The summed E-state index contributed by atoms with van der Waals surface area (Å²) in [6, 6.07) is 7.19. The number of benzene rings is 2. The van der Waals surface area contributed by atoms with Gasteiger partial charge < -0.3 is 5.73 Å². The normalized spacial score (nSPS) is 11.4. The van der Waals surface area contributed by atoms with Gasteiger partial charge in [-0.1, -0.05) is 11.6 Å². The lowest BCUT2D eigenvalue weighted by molar-refractivity contribution is 0.599. The lowest BCUT2D eigenvalue weighted by Crippen LogP contribution is -2.14. The van der Waals surface area contributed by atoms with Crippen molar-refractivity contribution < 1.29 is 12.8 Å². The minimum absolute atomic E-state index is 0.117. The number of sulfonamides is 1. The molecule has 2 aromatic carbocycles. The molecule has 0 spiro atoms. The van der Waals surface area contributed by atoms with E-state index in [1.807, 2.05) is 0 Å². The largest absolute Gasteiger partial charge is 0.396 e. The van der Waals surface area contributed by atoms with Crippen LogP contribution in [0.25, 0.3) is 0 Å². The molecule has 3 N–H and O–H groups in total. The van der Waals surface area contributed by atoms with Gasteiger partial charge in [0.25, 0.3) is 10.0 Å². The van der Waals surface area contributed by atoms with Crippen molar-refractivity contribution in [3.8, 4) is 0 Å². The molecule has 0 amide bonds. The van der Waals surface area contributed by atoms with E-state index >= 15 is 0 Å². The van der Waals surface area contributed by atoms with Crippen LogP contribution in [-0.4, -0.2) is 8.42 Å². The number of aryl methyl sites for hydroxylation is 1. The number of rotatable bonds is 3. The standard InChI is InChI=1S/C13H11ClFIN2O2S/c1-7-4-9(6-11(17)13(7)15)21(19,20)18-12-3-2-8(16)5-10(12)14/h2-6,18H,17H2,1H3. The molecular formula is C13H11ClFIN2O2S. The van der Waals surface area contributed by atoms with Gasteiger partial charge in [0.2, 0.25) is 0 Å². The number of nitrogens with two attached hydrogens (primary N) is 1. The highest BCUT2D eigenvalue weighted by Crippen LogP contribution is 2.28. The molecular weight excluding hydrogens is 430 g/mol. The van der Waals surface area contributed by atoms with E-state index in [0.717, 1.165) is 9.64 Å². The molecule has 0 bridgehead atoms. The van der Waals surface area contributed by atoms with Gasteiger partial charge in [0.05, 0.1) is 21.3 Å². The second-order valence-electron chi connectivity index (χ2n) is 4.37. The van der Waals surface area contributed by atoms with Crippen LogP contribution in [0.5, 0.6) is 0 Å². The first-order valence-corrected chi connectivity index (χ1v) is 8.68. The van der Waals surface area contributed by atoms with Gasteiger partial charge in [-0.15, -0.1) is 0 Å². The summed E-state index contributed by atoms with van der Waals surface area (Å²) in [5.41, 5.74) is 5.65. The Morgan fingerprint density at radius 2 is 1.95 bits per heavy atom. The quantitative estimate of drug-likeness (QED) is 0.564. The summed E-state index contributed by atoms with van der Waals surface area (Å²) in [5, 5.41) is 0.275. The van der Waals surface area contributed by atoms with E-state index in [1.54, 1.807) is 18.2 Å². The van der Waals surface area contributed by atoms with Crippen LogP contribution in [0.1, 0.15) is 5.56 Å². The Hall–Kier alpha value is -1.06. The van der Waals surface area contributed by atoms with Crippen LogP contribution in [-0.2, 0) is 10.0 Å². The molecule has 0 saturated carbocycles. The van der Waals surface area contributed by atoms with E-state index in [0.29, 0.717) is 0 Å². The highest BCUT2D eigenvalue weighted by molar-refractivity contribution is 14.1. The van der Waals surface area contributed by atoms with Crippen LogP contribution in [0.15, 0.2) is 35.2 Å². The topological polar surface area (TPSA) is 72.2 Å². The Balaban J connectivity index is 2.43. The van der Waals surface area contributed by atoms with Crippen molar-refractivity contribution in [1.29, 1.82) is 0 Å². The predicted molar refractivity (Wildman–Crippen MR) is 90.5 cm³/mol. The van der Waals surface area contributed by atoms with E-state index < -0.39 is 15.8 Å². The molecule has 0 unspecified atom stereocenters. The lowest BCUT2D eigenvalue weighted by Gasteiger charge is -2.11.